The van der Waals surface area contributed by atoms with Crippen molar-refractivity contribution in [1.29, 1.82) is 0 Å². The molecule has 1 aliphatic rings. The third kappa shape index (κ3) is 4.48. The second kappa shape index (κ2) is 6.81. The van der Waals surface area contributed by atoms with Gasteiger partial charge in [-0.25, -0.2) is 0 Å². The molecule has 0 aromatic carbocycles. The molecule has 0 aromatic heterocycles. The summed E-state index contributed by atoms with van der Waals surface area (Å²) >= 11 is 1.70. The van der Waals surface area contributed by atoms with Crippen LogP contribution < -0.4 is 0 Å². The molecule has 0 spiro atoms. The maximum absolute atomic E-state index is 11.0. The lowest BCUT2D eigenvalue weighted by molar-refractivity contribution is -0.142. The predicted molar refractivity (Wildman–Crippen MR) is 85.5 cm³/mol. The van der Waals surface area contributed by atoms with Gasteiger partial charge in [-0.3, -0.25) is 4.79 Å². The van der Waals surface area contributed by atoms with Crippen LogP contribution in [0.3, 0.4) is 0 Å². The van der Waals surface area contributed by atoms with Crippen LogP contribution in [0.1, 0.15) is 34.6 Å². The summed E-state index contributed by atoms with van der Waals surface area (Å²) in [5, 5.41) is 0.347. The van der Waals surface area contributed by atoms with Crippen molar-refractivity contribution in [2.45, 2.75) is 69.5 Å². The first kappa shape index (κ1) is 18.0. The van der Waals surface area contributed by atoms with E-state index in [4.69, 9.17) is 13.9 Å². The molecule has 4 nitrogen and oxygen atoms in total. The fourth-order valence-electron chi connectivity index (χ4n) is 1.69. The molecule has 0 amide bonds. The minimum Gasteiger partial charge on any atom is -0.465 e. The topological polar surface area (TPSA) is 44.8 Å². The summed E-state index contributed by atoms with van der Waals surface area (Å²) in [6.45, 7) is 15.7. The summed E-state index contributed by atoms with van der Waals surface area (Å²) < 4.78 is 17.3. The van der Waals surface area contributed by atoms with Crippen LogP contribution in [0.2, 0.25) is 18.1 Å². The SMILES string of the molecule is CCO[C@@H]1S[C@H](COC(C)=O)[C@H]1O[Si](C)(C)C(C)(C)C. The van der Waals surface area contributed by atoms with Crippen molar-refractivity contribution < 1.29 is 18.7 Å². The van der Waals surface area contributed by atoms with Crippen LogP contribution in [0.15, 0.2) is 0 Å². The Labute approximate surface area is 128 Å². The second-order valence-corrected chi connectivity index (χ2v) is 12.7. The summed E-state index contributed by atoms with van der Waals surface area (Å²) in [5.74, 6) is -0.239. The molecular weight excluding hydrogens is 292 g/mol. The third-order valence-corrected chi connectivity index (χ3v) is 9.86. The number of hydrogen-bond donors (Lipinski definition) is 0. The molecule has 0 N–H and O–H groups in total. The molecule has 118 valence electrons. The number of esters is 1. The lowest BCUT2D eigenvalue weighted by atomic mass is 10.2. The van der Waals surface area contributed by atoms with Crippen LogP contribution >= 0.6 is 11.8 Å². The van der Waals surface area contributed by atoms with Gasteiger partial charge in [-0.05, 0) is 25.1 Å². The van der Waals surface area contributed by atoms with Crippen LogP contribution in [-0.2, 0) is 18.7 Å². The van der Waals surface area contributed by atoms with E-state index in [1.54, 1.807) is 11.8 Å². The molecule has 0 aliphatic carbocycles. The molecule has 0 aromatic rings. The Hall–Kier alpha value is -0.0431. The van der Waals surface area contributed by atoms with E-state index in [1.165, 1.54) is 6.92 Å². The second-order valence-electron chi connectivity index (χ2n) is 6.64. The van der Waals surface area contributed by atoms with E-state index in [2.05, 4.69) is 33.9 Å². The van der Waals surface area contributed by atoms with Gasteiger partial charge in [0, 0.05) is 13.5 Å². The van der Waals surface area contributed by atoms with Crippen LogP contribution in [0.5, 0.6) is 0 Å². The van der Waals surface area contributed by atoms with E-state index in [0.717, 1.165) is 0 Å². The van der Waals surface area contributed by atoms with Crippen molar-refractivity contribution in [2.75, 3.05) is 13.2 Å². The van der Waals surface area contributed by atoms with Gasteiger partial charge in [0.25, 0.3) is 0 Å². The molecule has 1 aliphatic heterocycles. The zero-order chi connectivity index (χ0) is 15.6. The first-order valence-electron chi connectivity index (χ1n) is 7.16. The van der Waals surface area contributed by atoms with E-state index in [0.29, 0.717) is 13.2 Å². The molecule has 6 heteroatoms. The summed E-state index contributed by atoms with van der Waals surface area (Å²) in [7, 11) is -1.84. The Morgan fingerprint density at radius 1 is 1.30 bits per heavy atom. The molecular formula is C14H28O4SSi. The van der Waals surface area contributed by atoms with Crippen LogP contribution in [0, 0.1) is 0 Å². The molecule has 1 saturated heterocycles. The highest BCUT2D eigenvalue weighted by atomic mass is 32.2. The maximum Gasteiger partial charge on any atom is 0.302 e. The smallest absolute Gasteiger partial charge is 0.302 e. The van der Waals surface area contributed by atoms with Gasteiger partial charge in [-0.2, -0.15) is 0 Å². The molecule has 1 rings (SSSR count). The maximum atomic E-state index is 11.0. The Balaban J connectivity index is 2.66. The van der Waals surface area contributed by atoms with Gasteiger partial charge in [0.05, 0.1) is 11.4 Å². The van der Waals surface area contributed by atoms with Gasteiger partial charge >= 0.3 is 5.97 Å². The fraction of sp³-hybridized carbons (Fsp3) is 0.929. The lowest BCUT2D eigenvalue weighted by Gasteiger charge is -2.49. The Morgan fingerprint density at radius 3 is 2.35 bits per heavy atom. The van der Waals surface area contributed by atoms with Crippen LogP contribution in [0.4, 0.5) is 0 Å². The molecule has 1 fully saturated rings. The largest absolute Gasteiger partial charge is 0.465 e. The molecule has 0 saturated carbocycles. The van der Waals surface area contributed by atoms with Crippen LogP contribution in [-0.4, -0.2) is 44.3 Å². The van der Waals surface area contributed by atoms with Crippen molar-refractivity contribution in [3.8, 4) is 0 Å². The molecule has 3 atom stereocenters. The van der Waals surface area contributed by atoms with E-state index in [9.17, 15) is 4.79 Å². The normalized spacial score (nSPS) is 27.1. The Morgan fingerprint density at radius 2 is 1.90 bits per heavy atom. The van der Waals surface area contributed by atoms with Crippen molar-refractivity contribution in [1.82, 2.24) is 0 Å². The summed E-state index contributed by atoms with van der Waals surface area (Å²) in [5.41, 5.74) is 0.0645. The van der Waals surface area contributed by atoms with Gasteiger partial charge < -0.3 is 13.9 Å². The highest BCUT2D eigenvalue weighted by molar-refractivity contribution is 8.02. The Kier molecular flexibility index (Phi) is 6.13. The molecule has 0 radical (unpaired) electrons. The lowest BCUT2D eigenvalue weighted by Crippen LogP contribution is -2.57. The number of thioether (sulfide) groups is 1. The molecule has 0 bridgehead atoms. The first-order valence-corrected chi connectivity index (χ1v) is 11.0. The van der Waals surface area contributed by atoms with Crippen molar-refractivity contribution in [3.05, 3.63) is 0 Å². The minimum absolute atomic E-state index is 0.0280. The van der Waals surface area contributed by atoms with Crippen molar-refractivity contribution >= 4 is 26.0 Å². The van der Waals surface area contributed by atoms with Gasteiger partial charge in [0.1, 0.15) is 12.0 Å². The number of carbonyl (C=O) groups is 1. The monoisotopic (exact) mass is 320 g/mol. The van der Waals surface area contributed by atoms with E-state index in [-0.39, 0.29) is 27.8 Å². The Bertz CT molecular complexity index is 341. The number of hydrogen-bond acceptors (Lipinski definition) is 5. The first-order chi connectivity index (χ1) is 9.08. The summed E-state index contributed by atoms with van der Waals surface area (Å²) in [6.07, 6.45) is 0.0280. The predicted octanol–water partition coefficient (Wildman–Crippen LogP) is 3.42. The van der Waals surface area contributed by atoms with Gasteiger partial charge in [0.15, 0.2) is 8.32 Å². The number of ether oxygens (including phenoxy) is 2. The average molecular weight is 321 g/mol. The van der Waals surface area contributed by atoms with E-state index in [1.807, 2.05) is 6.92 Å². The van der Waals surface area contributed by atoms with E-state index < -0.39 is 8.32 Å². The number of rotatable bonds is 6. The number of carbonyl (C=O) groups excluding carboxylic acids is 1. The van der Waals surface area contributed by atoms with Gasteiger partial charge in [-0.1, -0.05) is 20.8 Å². The molecule has 0 unspecified atom stereocenters. The van der Waals surface area contributed by atoms with Gasteiger partial charge in [-0.15, -0.1) is 11.8 Å². The standard InChI is InChI=1S/C14H28O4SSi/c1-8-16-13-12(11(19-13)9-17-10(2)15)18-20(6,7)14(3,4)5/h11-13H,8-9H2,1-7H3/t11-,12-,13-/m1/s1. The van der Waals surface area contributed by atoms with Crippen LogP contribution in [0.25, 0.3) is 0 Å². The zero-order valence-electron chi connectivity index (χ0n) is 13.7. The van der Waals surface area contributed by atoms with Crippen molar-refractivity contribution in [3.63, 3.8) is 0 Å². The molecule has 20 heavy (non-hydrogen) atoms. The van der Waals surface area contributed by atoms with E-state index >= 15 is 0 Å². The molecule has 1 heterocycles. The minimum atomic E-state index is -1.84. The quantitative estimate of drug-likeness (QED) is 0.554. The summed E-state index contributed by atoms with van der Waals surface area (Å²) in [4.78, 5) is 11.0. The third-order valence-electron chi connectivity index (χ3n) is 3.96. The van der Waals surface area contributed by atoms with Gasteiger partial charge in [0.2, 0.25) is 0 Å². The van der Waals surface area contributed by atoms with Crippen molar-refractivity contribution in [2.24, 2.45) is 0 Å². The highest BCUT2D eigenvalue weighted by Gasteiger charge is 2.49. The summed E-state index contributed by atoms with van der Waals surface area (Å²) in [6, 6.07) is 0. The highest BCUT2D eigenvalue weighted by Crippen LogP contribution is 2.45. The zero-order valence-corrected chi connectivity index (χ0v) is 15.5. The fourth-order valence-corrected chi connectivity index (χ4v) is 4.40. The average Bonchev–Trinajstić information content (AvgIpc) is 2.28.